The predicted octanol–water partition coefficient (Wildman–Crippen LogP) is 4.64. The highest BCUT2D eigenvalue weighted by Crippen LogP contribution is 2.56. The lowest BCUT2D eigenvalue weighted by atomic mass is 9.56. The molecule has 0 heterocycles. The predicted molar refractivity (Wildman–Crippen MR) is 62.2 cm³/mol. The van der Waals surface area contributed by atoms with Crippen molar-refractivity contribution in [2.75, 3.05) is 0 Å². The molecule has 2 fully saturated rings. The van der Waals surface area contributed by atoms with Gasteiger partial charge in [0, 0.05) is 0 Å². The van der Waals surface area contributed by atoms with Gasteiger partial charge in [-0.15, -0.1) is 0 Å². The molecule has 0 spiro atoms. The summed E-state index contributed by atoms with van der Waals surface area (Å²) in [5.74, 6) is 3.16. The maximum absolute atomic E-state index is 2.55. The summed E-state index contributed by atoms with van der Waals surface area (Å²) in [5, 5.41) is 0. The Morgan fingerprint density at radius 3 is 2.14 bits per heavy atom. The first kappa shape index (κ1) is 10.5. The summed E-state index contributed by atoms with van der Waals surface area (Å²) in [4.78, 5) is 0. The van der Waals surface area contributed by atoms with E-state index in [4.69, 9.17) is 0 Å². The molecular weight excluding hydrogens is 168 g/mol. The standard InChI is InChI=1S/C14H26/c1-4-13(12-7-8-12)11(3)14(5-2)9-6-10-14/h11-13H,4-10H2,1-3H3. The van der Waals surface area contributed by atoms with Crippen molar-refractivity contribution in [3.63, 3.8) is 0 Å². The Morgan fingerprint density at radius 2 is 1.86 bits per heavy atom. The van der Waals surface area contributed by atoms with Crippen LogP contribution in [0.15, 0.2) is 0 Å². The van der Waals surface area contributed by atoms with Crippen LogP contribution >= 0.6 is 0 Å². The fourth-order valence-corrected chi connectivity index (χ4v) is 3.84. The van der Waals surface area contributed by atoms with Crippen molar-refractivity contribution in [2.45, 2.75) is 65.7 Å². The second-order valence-electron chi connectivity index (χ2n) is 5.77. The number of rotatable bonds is 5. The zero-order chi connectivity index (χ0) is 10.2. The van der Waals surface area contributed by atoms with Crippen molar-refractivity contribution in [3.8, 4) is 0 Å². The van der Waals surface area contributed by atoms with Crippen LogP contribution in [0.5, 0.6) is 0 Å². The zero-order valence-corrected chi connectivity index (χ0v) is 10.2. The number of hydrogen-bond acceptors (Lipinski definition) is 0. The average Bonchev–Trinajstić information content (AvgIpc) is 2.89. The highest BCUT2D eigenvalue weighted by molar-refractivity contribution is 4.96. The monoisotopic (exact) mass is 194 g/mol. The third-order valence-corrected chi connectivity index (χ3v) is 5.36. The molecule has 0 bridgehead atoms. The largest absolute Gasteiger partial charge is 0.0651 e. The van der Waals surface area contributed by atoms with Crippen LogP contribution in [0.1, 0.15) is 65.7 Å². The summed E-state index contributed by atoms with van der Waals surface area (Å²) >= 11 is 0. The van der Waals surface area contributed by atoms with E-state index in [1.54, 1.807) is 0 Å². The van der Waals surface area contributed by atoms with Crippen LogP contribution in [0.2, 0.25) is 0 Å². The minimum Gasteiger partial charge on any atom is -0.0651 e. The van der Waals surface area contributed by atoms with Crippen molar-refractivity contribution >= 4 is 0 Å². The van der Waals surface area contributed by atoms with E-state index < -0.39 is 0 Å². The van der Waals surface area contributed by atoms with Crippen molar-refractivity contribution in [1.82, 2.24) is 0 Å². The number of hydrogen-bond donors (Lipinski definition) is 0. The van der Waals surface area contributed by atoms with Gasteiger partial charge >= 0.3 is 0 Å². The molecule has 2 atom stereocenters. The Labute approximate surface area is 89.5 Å². The molecule has 0 aromatic heterocycles. The van der Waals surface area contributed by atoms with E-state index in [-0.39, 0.29) is 0 Å². The van der Waals surface area contributed by atoms with E-state index in [1.807, 2.05) is 0 Å². The molecule has 2 saturated carbocycles. The van der Waals surface area contributed by atoms with Crippen LogP contribution in [-0.2, 0) is 0 Å². The summed E-state index contributed by atoms with van der Waals surface area (Å²) in [6.07, 6.45) is 10.5. The summed E-state index contributed by atoms with van der Waals surface area (Å²) < 4.78 is 0. The minimum atomic E-state index is 0.767. The topological polar surface area (TPSA) is 0 Å². The van der Waals surface area contributed by atoms with Gasteiger partial charge in [0.2, 0.25) is 0 Å². The first-order valence-electron chi connectivity index (χ1n) is 6.73. The molecule has 0 N–H and O–H groups in total. The first-order valence-corrected chi connectivity index (χ1v) is 6.73. The molecule has 0 saturated heterocycles. The first-order chi connectivity index (χ1) is 6.73. The van der Waals surface area contributed by atoms with Crippen molar-refractivity contribution in [1.29, 1.82) is 0 Å². The molecular formula is C14H26. The van der Waals surface area contributed by atoms with E-state index in [0.717, 1.165) is 23.2 Å². The van der Waals surface area contributed by atoms with Crippen LogP contribution < -0.4 is 0 Å². The molecule has 0 amide bonds. The molecule has 2 unspecified atom stereocenters. The second-order valence-corrected chi connectivity index (χ2v) is 5.77. The van der Waals surface area contributed by atoms with E-state index in [2.05, 4.69) is 20.8 Å². The zero-order valence-electron chi connectivity index (χ0n) is 10.2. The Hall–Kier alpha value is 0. The maximum Gasteiger partial charge on any atom is -0.0272 e. The van der Waals surface area contributed by atoms with E-state index in [9.17, 15) is 0 Å². The fourth-order valence-electron chi connectivity index (χ4n) is 3.84. The SMILES string of the molecule is CCC(C1CC1)C(C)C1(CC)CCC1. The average molecular weight is 194 g/mol. The van der Waals surface area contributed by atoms with E-state index >= 15 is 0 Å². The van der Waals surface area contributed by atoms with Gasteiger partial charge < -0.3 is 0 Å². The highest BCUT2D eigenvalue weighted by atomic mass is 14.5. The van der Waals surface area contributed by atoms with Crippen LogP contribution in [0.3, 0.4) is 0 Å². The highest BCUT2D eigenvalue weighted by Gasteiger charge is 2.46. The molecule has 0 nitrogen and oxygen atoms in total. The van der Waals surface area contributed by atoms with Crippen LogP contribution in [0.25, 0.3) is 0 Å². The lowest BCUT2D eigenvalue weighted by Crippen LogP contribution is -2.39. The van der Waals surface area contributed by atoms with Gasteiger partial charge in [-0.25, -0.2) is 0 Å². The molecule has 14 heavy (non-hydrogen) atoms. The van der Waals surface area contributed by atoms with Crippen LogP contribution in [0.4, 0.5) is 0 Å². The fraction of sp³-hybridized carbons (Fsp3) is 1.00. The van der Waals surface area contributed by atoms with Gasteiger partial charge in [0.1, 0.15) is 0 Å². The summed E-state index contributed by atoms with van der Waals surface area (Å²) in [6.45, 7) is 7.37. The molecule has 2 aliphatic rings. The third-order valence-electron chi connectivity index (χ3n) is 5.36. The Bertz CT molecular complexity index is 181. The molecule has 2 rings (SSSR count). The Kier molecular flexibility index (Phi) is 2.91. The maximum atomic E-state index is 2.55. The smallest absolute Gasteiger partial charge is 0.0272 e. The van der Waals surface area contributed by atoms with E-state index in [0.29, 0.717) is 0 Å². The lowest BCUT2D eigenvalue weighted by Gasteiger charge is -2.49. The normalized spacial score (nSPS) is 29.4. The van der Waals surface area contributed by atoms with Gasteiger partial charge in [-0.1, -0.05) is 40.0 Å². The molecule has 0 aromatic carbocycles. The van der Waals surface area contributed by atoms with Gasteiger partial charge in [0.05, 0.1) is 0 Å². The summed E-state index contributed by atoms with van der Waals surface area (Å²) in [5.41, 5.74) is 0.767. The van der Waals surface area contributed by atoms with Gasteiger partial charge in [-0.2, -0.15) is 0 Å². The Morgan fingerprint density at radius 1 is 1.21 bits per heavy atom. The lowest BCUT2D eigenvalue weighted by molar-refractivity contribution is 0.0111. The quantitative estimate of drug-likeness (QED) is 0.598. The molecule has 0 radical (unpaired) electrons. The third kappa shape index (κ3) is 1.61. The van der Waals surface area contributed by atoms with E-state index in [1.165, 1.54) is 44.9 Å². The molecule has 82 valence electrons. The van der Waals surface area contributed by atoms with Gasteiger partial charge in [0.15, 0.2) is 0 Å². The molecule has 0 aromatic rings. The van der Waals surface area contributed by atoms with Crippen molar-refractivity contribution in [2.24, 2.45) is 23.2 Å². The van der Waals surface area contributed by atoms with Crippen molar-refractivity contribution < 1.29 is 0 Å². The Balaban J connectivity index is 2.00. The van der Waals surface area contributed by atoms with Gasteiger partial charge in [0.25, 0.3) is 0 Å². The summed E-state index contributed by atoms with van der Waals surface area (Å²) in [7, 11) is 0. The van der Waals surface area contributed by atoms with Crippen LogP contribution in [0, 0.1) is 23.2 Å². The molecule has 2 aliphatic carbocycles. The van der Waals surface area contributed by atoms with Crippen molar-refractivity contribution in [3.05, 3.63) is 0 Å². The minimum absolute atomic E-state index is 0.767. The summed E-state index contributed by atoms with van der Waals surface area (Å²) in [6, 6.07) is 0. The second kappa shape index (κ2) is 3.87. The van der Waals surface area contributed by atoms with Gasteiger partial charge in [-0.3, -0.25) is 0 Å². The van der Waals surface area contributed by atoms with Crippen LogP contribution in [-0.4, -0.2) is 0 Å². The molecule has 0 heteroatoms. The van der Waals surface area contributed by atoms with Gasteiger partial charge in [-0.05, 0) is 48.9 Å². The molecule has 0 aliphatic heterocycles.